The highest BCUT2D eigenvalue weighted by molar-refractivity contribution is 6.30. The third kappa shape index (κ3) is 5.50. The highest BCUT2D eigenvalue weighted by atomic mass is 35.5. The molecule has 0 fully saturated rings. The molecule has 0 heterocycles. The van der Waals surface area contributed by atoms with Gasteiger partial charge >= 0.3 is 11.9 Å². The Kier molecular flexibility index (Phi) is 5.97. The molecule has 25 heavy (non-hydrogen) atoms. The number of aromatic carboxylic acids is 2. The third-order valence-electron chi connectivity index (χ3n) is 3.12. The van der Waals surface area contributed by atoms with Gasteiger partial charge in [-0.15, -0.1) is 0 Å². The Hall–Kier alpha value is -3.06. The molecule has 2 aromatic carbocycles. The number of carboxylic acid groups (broad SMARTS) is 2. The average molecular weight is 364 g/mol. The largest absolute Gasteiger partial charge is 0.493 e. The minimum Gasteiger partial charge on any atom is -0.493 e. The van der Waals surface area contributed by atoms with Crippen LogP contribution in [0.3, 0.4) is 0 Å². The Balaban J connectivity index is 1.96. The fourth-order valence-electron chi connectivity index (χ4n) is 1.96. The van der Waals surface area contributed by atoms with E-state index in [-0.39, 0.29) is 29.8 Å². The predicted molar refractivity (Wildman–Crippen MR) is 90.6 cm³/mol. The fourth-order valence-corrected chi connectivity index (χ4v) is 2.09. The zero-order valence-corrected chi connectivity index (χ0v) is 13.6. The standard InChI is InChI=1S/C17H14ClNO6/c18-12-1-3-14(4-2-12)25-6-5-15(20)19-13-8-10(16(21)22)7-11(9-13)17(23)24/h1-4,7-9H,5-6H2,(H,19,20)(H,21,22)(H,23,24). The molecular weight excluding hydrogens is 350 g/mol. The van der Waals surface area contributed by atoms with E-state index in [2.05, 4.69) is 5.32 Å². The van der Waals surface area contributed by atoms with Gasteiger partial charge in [-0.05, 0) is 42.5 Å². The molecule has 3 N–H and O–H groups in total. The van der Waals surface area contributed by atoms with Crippen LogP contribution in [0.5, 0.6) is 5.75 Å². The van der Waals surface area contributed by atoms with Crippen LogP contribution in [0.1, 0.15) is 27.1 Å². The number of carbonyl (C=O) groups is 3. The smallest absolute Gasteiger partial charge is 0.335 e. The molecule has 2 aromatic rings. The molecule has 2 rings (SSSR count). The van der Waals surface area contributed by atoms with E-state index in [1.165, 1.54) is 12.1 Å². The van der Waals surface area contributed by atoms with Gasteiger partial charge in [0.25, 0.3) is 0 Å². The summed E-state index contributed by atoms with van der Waals surface area (Å²) in [6, 6.07) is 10.0. The molecule has 1 amide bonds. The number of nitrogens with one attached hydrogen (secondary N) is 1. The molecular formula is C17H14ClNO6. The van der Waals surface area contributed by atoms with E-state index in [4.69, 9.17) is 26.6 Å². The van der Waals surface area contributed by atoms with Crippen molar-refractivity contribution in [3.8, 4) is 5.75 Å². The first kappa shape index (κ1) is 18.3. The summed E-state index contributed by atoms with van der Waals surface area (Å²) in [6.07, 6.45) is 0.00231. The summed E-state index contributed by atoms with van der Waals surface area (Å²) in [5.41, 5.74) is -0.367. The van der Waals surface area contributed by atoms with E-state index >= 15 is 0 Å². The van der Waals surface area contributed by atoms with Crippen LogP contribution >= 0.6 is 11.6 Å². The second-order valence-corrected chi connectivity index (χ2v) is 5.45. The molecule has 130 valence electrons. The summed E-state index contributed by atoms with van der Waals surface area (Å²) in [5.74, 6) is -2.46. The van der Waals surface area contributed by atoms with Crippen molar-refractivity contribution >= 4 is 35.1 Å². The normalized spacial score (nSPS) is 10.1. The SMILES string of the molecule is O=C(CCOc1ccc(Cl)cc1)Nc1cc(C(=O)O)cc(C(=O)O)c1. The molecule has 0 aliphatic carbocycles. The molecule has 0 aromatic heterocycles. The van der Waals surface area contributed by atoms with Crippen molar-refractivity contribution in [1.29, 1.82) is 0 Å². The zero-order valence-electron chi connectivity index (χ0n) is 12.9. The highest BCUT2D eigenvalue weighted by Gasteiger charge is 2.13. The van der Waals surface area contributed by atoms with E-state index in [9.17, 15) is 14.4 Å². The lowest BCUT2D eigenvalue weighted by Gasteiger charge is -2.09. The summed E-state index contributed by atoms with van der Waals surface area (Å²) >= 11 is 5.75. The van der Waals surface area contributed by atoms with Gasteiger partial charge in [0.15, 0.2) is 0 Å². The quantitative estimate of drug-likeness (QED) is 0.696. The van der Waals surface area contributed by atoms with E-state index < -0.39 is 17.8 Å². The first-order valence-electron chi connectivity index (χ1n) is 7.15. The first-order valence-corrected chi connectivity index (χ1v) is 7.53. The van der Waals surface area contributed by atoms with E-state index in [0.29, 0.717) is 10.8 Å². The molecule has 0 aliphatic heterocycles. The summed E-state index contributed by atoms with van der Waals surface area (Å²) in [7, 11) is 0. The monoisotopic (exact) mass is 363 g/mol. The van der Waals surface area contributed by atoms with Gasteiger partial charge in [0.1, 0.15) is 5.75 Å². The van der Waals surface area contributed by atoms with Crippen LogP contribution in [-0.4, -0.2) is 34.7 Å². The number of ether oxygens (including phenoxy) is 1. The molecule has 8 heteroatoms. The maximum atomic E-state index is 11.9. The Morgan fingerprint density at radius 2 is 1.52 bits per heavy atom. The van der Waals surface area contributed by atoms with Crippen LogP contribution in [0.15, 0.2) is 42.5 Å². The Morgan fingerprint density at radius 3 is 2.04 bits per heavy atom. The lowest BCUT2D eigenvalue weighted by molar-refractivity contribution is -0.116. The maximum Gasteiger partial charge on any atom is 0.335 e. The van der Waals surface area contributed by atoms with E-state index in [0.717, 1.165) is 6.07 Å². The van der Waals surface area contributed by atoms with Gasteiger partial charge < -0.3 is 20.3 Å². The topological polar surface area (TPSA) is 113 Å². The van der Waals surface area contributed by atoms with Gasteiger partial charge in [0.2, 0.25) is 5.91 Å². The molecule has 0 aliphatic rings. The molecule has 0 atom stereocenters. The second-order valence-electron chi connectivity index (χ2n) is 5.01. The summed E-state index contributed by atoms with van der Waals surface area (Å²) < 4.78 is 5.39. The predicted octanol–water partition coefficient (Wildman–Crippen LogP) is 3.14. The number of rotatable bonds is 7. The van der Waals surface area contributed by atoms with Crippen LogP contribution in [0.4, 0.5) is 5.69 Å². The lowest BCUT2D eigenvalue weighted by atomic mass is 10.1. The van der Waals surface area contributed by atoms with Gasteiger partial charge in [-0.3, -0.25) is 4.79 Å². The number of benzene rings is 2. The average Bonchev–Trinajstić information content (AvgIpc) is 2.56. The molecule has 0 saturated heterocycles. The third-order valence-corrected chi connectivity index (χ3v) is 3.37. The Labute approximate surface area is 147 Å². The molecule has 0 unspecified atom stereocenters. The minimum atomic E-state index is -1.29. The molecule has 0 radical (unpaired) electrons. The molecule has 7 nitrogen and oxygen atoms in total. The van der Waals surface area contributed by atoms with Gasteiger partial charge in [0, 0.05) is 10.7 Å². The van der Waals surface area contributed by atoms with Crippen LogP contribution in [-0.2, 0) is 4.79 Å². The summed E-state index contributed by atoms with van der Waals surface area (Å²) in [4.78, 5) is 34.0. The second kappa shape index (κ2) is 8.16. The van der Waals surface area contributed by atoms with E-state index in [1.54, 1.807) is 24.3 Å². The number of halogens is 1. The number of hydrogen-bond acceptors (Lipinski definition) is 4. The fraction of sp³-hybridized carbons (Fsp3) is 0.118. The molecule has 0 spiro atoms. The zero-order chi connectivity index (χ0) is 18.4. The molecule has 0 saturated carbocycles. The number of carboxylic acids is 2. The lowest BCUT2D eigenvalue weighted by Crippen LogP contribution is -2.16. The highest BCUT2D eigenvalue weighted by Crippen LogP contribution is 2.17. The van der Waals surface area contributed by atoms with Crippen molar-refractivity contribution in [2.75, 3.05) is 11.9 Å². The number of carbonyl (C=O) groups excluding carboxylic acids is 1. The number of anilines is 1. The van der Waals surface area contributed by atoms with Crippen molar-refractivity contribution in [2.45, 2.75) is 6.42 Å². The summed E-state index contributed by atoms with van der Waals surface area (Å²) in [6.45, 7) is 0.0951. The van der Waals surface area contributed by atoms with Crippen molar-refractivity contribution in [1.82, 2.24) is 0 Å². The van der Waals surface area contributed by atoms with Gasteiger partial charge in [-0.1, -0.05) is 11.6 Å². The van der Waals surface area contributed by atoms with Crippen LogP contribution < -0.4 is 10.1 Å². The van der Waals surface area contributed by atoms with Gasteiger partial charge in [-0.25, -0.2) is 9.59 Å². The van der Waals surface area contributed by atoms with Crippen LogP contribution in [0, 0.1) is 0 Å². The van der Waals surface area contributed by atoms with Crippen LogP contribution in [0.2, 0.25) is 5.02 Å². The van der Waals surface area contributed by atoms with Crippen molar-refractivity contribution in [2.24, 2.45) is 0 Å². The van der Waals surface area contributed by atoms with Crippen molar-refractivity contribution in [3.63, 3.8) is 0 Å². The maximum absolute atomic E-state index is 11.9. The number of hydrogen-bond donors (Lipinski definition) is 3. The van der Waals surface area contributed by atoms with Crippen molar-refractivity contribution in [3.05, 3.63) is 58.6 Å². The number of amides is 1. The van der Waals surface area contributed by atoms with Gasteiger partial charge in [-0.2, -0.15) is 0 Å². The Morgan fingerprint density at radius 1 is 0.960 bits per heavy atom. The minimum absolute atomic E-state index is 0.00231. The van der Waals surface area contributed by atoms with Crippen molar-refractivity contribution < 1.29 is 29.3 Å². The van der Waals surface area contributed by atoms with Crippen LogP contribution in [0.25, 0.3) is 0 Å². The summed E-state index contributed by atoms with van der Waals surface area (Å²) in [5, 5.41) is 21.0. The van der Waals surface area contributed by atoms with E-state index in [1.807, 2.05) is 0 Å². The molecule has 0 bridgehead atoms. The first-order chi connectivity index (χ1) is 11.8. The van der Waals surface area contributed by atoms with Gasteiger partial charge in [0.05, 0.1) is 24.2 Å². The Bertz CT molecular complexity index is 771.